The predicted octanol–water partition coefficient (Wildman–Crippen LogP) is -0.462. The van der Waals surface area contributed by atoms with Crippen LogP contribution in [0.2, 0.25) is 0 Å². The molecule has 0 saturated carbocycles. The van der Waals surface area contributed by atoms with E-state index in [4.69, 9.17) is 0 Å². The topological polar surface area (TPSA) is 46.2 Å². The van der Waals surface area contributed by atoms with Crippen LogP contribution in [0.1, 0.15) is 0 Å². The Morgan fingerprint density at radius 2 is 2.38 bits per heavy atom. The van der Waals surface area contributed by atoms with E-state index in [-0.39, 0.29) is 0 Å². The lowest BCUT2D eigenvalue weighted by atomic mass is 10.6. The third-order valence-electron chi connectivity index (χ3n) is 0.722. The standard InChI is InChI=1S/C4H4NO2S/c6-3-4(7)8-2-1-5-3/h2H,1H2,(H,5,6). The Bertz CT molecular complexity index is 118. The molecule has 1 saturated heterocycles. The molecule has 1 fully saturated rings. The highest BCUT2D eigenvalue weighted by Crippen LogP contribution is 2.08. The van der Waals surface area contributed by atoms with Crippen LogP contribution in [0.4, 0.5) is 0 Å². The van der Waals surface area contributed by atoms with Crippen molar-refractivity contribution in [2.75, 3.05) is 6.54 Å². The van der Waals surface area contributed by atoms with E-state index in [0.717, 1.165) is 11.8 Å². The maximum Gasteiger partial charge on any atom is 0.298 e. The average Bonchev–Trinajstić information content (AvgIpc) is 1.77. The second kappa shape index (κ2) is 2.17. The fourth-order valence-electron chi connectivity index (χ4n) is 0.377. The van der Waals surface area contributed by atoms with Crippen molar-refractivity contribution < 1.29 is 9.59 Å². The minimum absolute atomic E-state index is 0.420. The third kappa shape index (κ3) is 1.01. The van der Waals surface area contributed by atoms with Crippen LogP contribution in [0, 0.1) is 5.75 Å². The molecule has 0 aromatic rings. The van der Waals surface area contributed by atoms with Gasteiger partial charge in [-0.05, 0) is 0 Å². The molecule has 1 rings (SSSR count). The van der Waals surface area contributed by atoms with Gasteiger partial charge < -0.3 is 5.32 Å². The molecule has 0 unspecified atom stereocenters. The van der Waals surface area contributed by atoms with Crippen molar-refractivity contribution in [3.63, 3.8) is 0 Å². The van der Waals surface area contributed by atoms with Gasteiger partial charge in [0.1, 0.15) is 0 Å². The fourth-order valence-corrected chi connectivity index (χ4v) is 0.875. The first-order chi connectivity index (χ1) is 3.80. The zero-order chi connectivity index (χ0) is 5.98. The molecule has 0 atom stereocenters. The van der Waals surface area contributed by atoms with Crippen molar-refractivity contribution in [2.45, 2.75) is 0 Å². The summed E-state index contributed by atoms with van der Waals surface area (Å²) in [6, 6.07) is 0. The highest BCUT2D eigenvalue weighted by atomic mass is 32.2. The molecule has 0 aliphatic carbocycles. The lowest BCUT2D eigenvalue weighted by molar-refractivity contribution is -0.133. The van der Waals surface area contributed by atoms with Crippen molar-refractivity contribution >= 4 is 22.8 Å². The highest BCUT2D eigenvalue weighted by Gasteiger charge is 2.17. The van der Waals surface area contributed by atoms with Gasteiger partial charge in [0.15, 0.2) is 0 Å². The lowest BCUT2D eigenvalue weighted by Crippen LogP contribution is -2.33. The number of carbonyl (C=O) groups is 2. The van der Waals surface area contributed by atoms with Crippen LogP contribution < -0.4 is 5.32 Å². The average molecular weight is 130 g/mol. The zero-order valence-electron chi connectivity index (χ0n) is 4.01. The molecule has 3 nitrogen and oxygen atoms in total. The van der Waals surface area contributed by atoms with E-state index in [0.29, 0.717) is 6.54 Å². The molecular formula is C4H4NO2S. The Kier molecular flexibility index (Phi) is 1.53. The zero-order valence-corrected chi connectivity index (χ0v) is 4.83. The van der Waals surface area contributed by atoms with E-state index in [1.54, 1.807) is 5.75 Å². The van der Waals surface area contributed by atoms with E-state index < -0.39 is 11.0 Å². The summed E-state index contributed by atoms with van der Waals surface area (Å²) in [7, 11) is 0. The minimum atomic E-state index is -0.488. The van der Waals surface area contributed by atoms with Gasteiger partial charge in [0, 0.05) is 12.3 Å². The van der Waals surface area contributed by atoms with E-state index in [9.17, 15) is 9.59 Å². The molecule has 0 bridgehead atoms. The number of nitrogens with one attached hydrogen (secondary N) is 1. The molecule has 1 amide bonds. The minimum Gasteiger partial charge on any atom is -0.348 e. The maximum absolute atomic E-state index is 10.3. The summed E-state index contributed by atoms with van der Waals surface area (Å²) in [6.07, 6.45) is 0. The summed E-state index contributed by atoms with van der Waals surface area (Å²) in [4.78, 5) is 20.6. The van der Waals surface area contributed by atoms with Crippen LogP contribution in [-0.2, 0) is 9.59 Å². The highest BCUT2D eigenvalue weighted by molar-refractivity contribution is 8.17. The van der Waals surface area contributed by atoms with Gasteiger partial charge in [0.25, 0.3) is 11.0 Å². The van der Waals surface area contributed by atoms with Crippen molar-refractivity contribution in [3.05, 3.63) is 5.75 Å². The molecule has 0 aromatic carbocycles. The number of thioether (sulfide) groups is 1. The van der Waals surface area contributed by atoms with Crippen molar-refractivity contribution in [2.24, 2.45) is 0 Å². The van der Waals surface area contributed by atoms with Crippen LogP contribution in [-0.4, -0.2) is 17.6 Å². The molecule has 43 valence electrons. The summed E-state index contributed by atoms with van der Waals surface area (Å²) in [5.41, 5.74) is 0. The van der Waals surface area contributed by atoms with Crippen LogP contribution in [0.25, 0.3) is 0 Å². The Morgan fingerprint density at radius 1 is 1.62 bits per heavy atom. The quantitative estimate of drug-likeness (QED) is 0.451. The normalized spacial score (nSPS) is 20.5. The summed E-state index contributed by atoms with van der Waals surface area (Å²) >= 11 is 0.950. The first-order valence-electron chi connectivity index (χ1n) is 2.11. The SMILES string of the molecule is O=C1NC[CH]SC1=O. The fraction of sp³-hybridized carbons (Fsp3) is 0.250. The van der Waals surface area contributed by atoms with Crippen LogP contribution in [0.15, 0.2) is 0 Å². The molecule has 1 N–H and O–H groups in total. The van der Waals surface area contributed by atoms with E-state index in [1.807, 2.05) is 0 Å². The van der Waals surface area contributed by atoms with E-state index in [1.165, 1.54) is 0 Å². The van der Waals surface area contributed by atoms with Gasteiger partial charge in [0.05, 0.1) is 0 Å². The van der Waals surface area contributed by atoms with Crippen LogP contribution >= 0.6 is 11.8 Å². The third-order valence-corrected chi connectivity index (χ3v) is 1.45. The van der Waals surface area contributed by atoms with Crippen molar-refractivity contribution in [1.82, 2.24) is 5.32 Å². The van der Waals surface area contributed by atoms with Gasteiger partial charge in [-0.2, -0.15) is 0 Å². The van der Waals surface area contributed by atoms with Gasteiger partial charge in [0.2, 0.25) is 0 Å². The van der Waals surface area contributed by atoms with Gasteiger partial charge in [-0.1, -0.05) is 11.8 Å². The Labute approximate surface area is 50.8 Å². The molecule has 0 spiro atoms. The Hall–Kier alpha value is -0.510. The first kappa shape index (κ1) is 5.62. The largest absolute Gasteiger partial charge is 0.348 e. The van der Waals surface area contributed by atoms with Crippen LogP contribution in [0.5, 0.6) is 0 Å². The van der Waals surface area contributed by atoms with Gasteiger partial charge >= 0.3 is 0 Å². The number of rotatable bonds is 0. The van der Waals surface area contributed by atoms with Crippen LogP contribution in [0.3, 0.4) is 0 Å². The lowest BCUT2D eigenvalue weighted by Gasteiger charge is -2.06. The molecule has 4 heteroatoms. The van der Waals surface area contributed by atoms with Gasteiger partial charge in [-0.15, -0.1) is 0 Å². The second-order valence-corrected chi connectivity index (χ2v) is 2.22. The second-order valence-electron chi connectivity index (χ2n) is 1.28. The monoisotopic (exact) mass is 130 g/mol. The Morgan fingerprint density at radius 3 is 2.75 bits per heavy atom. The van der Waals surface area contributed by atoms with Crippen molar-refractivity contribution in [3.8, 4) is 0 Å². The first-order valence-corrected chi connectivity index (χ1v) is 2.99. The summed E-state index contributed by atoms with van der Waals surface area (Å²) < 4.78 is 0. The van der Waals surface area contributed by atoms with Gasteiger partial charge in [-0.25, -0.2) is 0 Å². The molecule has 1 aliphatic rings. The molecule has 1 heterocycles. The summed E-state index contributed by atoms with van der Waals surface area (Å²) in [5.74, 6) is 1.17. The number of hydrogen-bond donors (Lipinski definition) is 1. The van der Waals surface area contributed by atoms with E-state index in [2.05, 4.69) is 5.32 Å². The molecule has 0 aromatic heterocycles. The maximum atomic E-state index is 10.3. The Balaban J connectivity index is 2.52. The summed E-state index contributed by atoms with van der Waals surface area (Å²) in [5, 5.41) is 1.95. The van der Waals surface area contributed by atoms with E-state index >= 15 is 0 Å². The van der Waals surface area contributed by atoms with Gasteiger partial charge in [-0.3, -0.25) is 9.59 Å². The predicted molar refractivity (Wildman–Crippen MR) is 29.9 cm³/mol. The number of hydrogen-bond acceptors (Lipinski definition) is 3. The summed E-state index contributed by atoms with van der Waals surface area (Å²) in [6.45, 7) is 0.495. The number of amides is 1. The molecule has 1 aliphatic heterocycles. The molecular weight excluding hydrogens is 126 g/mol. The molecule has 8 heavy (non-hydrogen) atoms. The number of carbonyl (C=O) groups excluding carboxylic acids is 2. The molecule has 1 radical (unpaired) electrons. The smallest absolute Gasteiger partial charge is 0.298 e. The van der Waals surface area contributed by atoms with Crippen molar-refractivity contribution in [1.29, 1.82) is 0 Å².